The number of hydrogen-bond acceptors (Lipinski definition) is 5. The summed E-state index contributed by atoms with van der Waals surface area (Å²) in [5, 5.41) is 2.93. The van der Waals surface area contributed by atoms with E-state index < -0.39 is 0 Å². The Bertz CT molecular complexity index is 1220. The maximum atomic E-state index is 12.8. The van der Waals surface area contributed by atoms with Crippen LogP contribution in [0.1, 0.15) is 5.82 Å². The molecule has 0 saturated heterocycles. The molecule has 0 bridgehead atoms. The topological polar surface area (TPSA) is 74.6 Å². The van der Waals surface area contributed by atoms with Gasteiger partial charge < -0.3 is 24.1 Å². The third-order valence-corrected chi connectivity index (χ3v) is 4.97. The van der Waals surface area contributed by atoms with Crippen molar-refractivity contribution in [3.63, 3.8) is 0 Å². The zero-order chi connectivity index (χ0) is 21.0. The molecule has 0 atom stereocenters. The van der Waals surface area contributed by atoms with Crippen LogP contribution in [-0.4, -0.2) is 28.7 Å². The molecule has 0 saturated carbocycles. The molecule has 0 radical (unpaired) electrons. The number of anilines is 1. The van der Waals surface area contributed by atoms with Gasteiger partial charge in [-0.2, -0.15) is 0 Å². The van der Waals surface area contributed by atoms with Gasteiger partial charge in [0.2, 0.25) is 5.91 Å². The highest BCUT2D eigenvalue weighted by molar-refractivity contribution is 5.92. The Morgan fingerprint density at radius 2 is 1.74 bits per heavy atom. The largest absolute Gasteiger partial charge is 0.486 e. The number of nitrogens with zero attached hydrogens (tertiary/aromatic N) is 2. The van der Waals surface area contributed by atoms with E-state index in [2.05, 4.69) is 10.3 Å². The van der Waals surface area contributed by atoms with Crippen molar-refractivity contribution >= 4 is 22.6 Å². The van der Waals surface area contributed by atoms with Crippen molar-refractivity contribution in [2.75, 3.05) is 18.5 Å². The molecule has 0 aliphatic carbocycles. The van der Waals surface area contributed by atoms with Crippen LogP contribution in [0.25, 0.3) is 11.0 Å². The highest BCUT2D eigenvalue weighted by atomic mass is 16.6. The van der Waals surface area contributed by atoms with Gasteiger partial charge in [-0.3, -0.25) is 4.79 Å². The molecule has 3 aromatic carbocycles. The number of para-hydroxylation sites is 3. The highest BCUT2D eigenvalue weighted by Crippen LogP contribution is 2.32. The van der Waals surface area contributed by atoms with Crippen molar-refractivity contribution in [3.05, 3.63) is 78.6 Å². The molecule has 4 aromatic rings. The van der Waals surface area contributed by atoms with E-state index in [1.165, 1.54) is 0 Å². The second-order valence-electron chi connectivity index (χ2n) is 7.11. The smallest absolute Gasteiger partial charge is 0.244 e. The third-order valence-electron chi connectivity index (χ3n) is 4.97. The monoisotopic (exact) mass is 415 g/mol. The summed E-state index contributed by atoms with van der Waals surface area (Å²) in [5.41, 5.74) is 2.36. The first-order chi connectivity index (χ1) is 15.3. The molecule has 2 heterocycles. The van der Waals surface area contributed by atoms with E-state index in [0.717, 1.165) is 16.8 Å². The molecule has 5 rings (SSSR count). The van der Waals surface area contributed by atoms with Gasteiger partial charge in [0.1, 0.15) is 37.9 Å². The molecular formula is C24H21N3O4. The Balaban J connectivity index is 1.35. The molecule has 7 heteroatoms. The standard InChI is InChI=1S/C24H21N3O4/c28-24(25-17-10-11-21-22(14-17)30-13-12-29-21)15-27-20-9-5-4-8-19(20)26-23(27)16-31-18-6-2-1-3-7-18/h1-11,14H,12-13,15-16H2,(H,25,28). The van der Waals surface area contributed by atoms with Crippen LogP contribution in [0.3, 0.4) is 0 Å². The molecule has 1 aliphatic heterocycles. The quantitative estimate of drug-likeness (QED) is 0.515. The van der Waals surface area contributed by atoms with Gasteiger partial charge in [0, 0.05) is 11.8 Å². The van der Waals surface area contributed by atoms with Crippen LogP contribution in [0.4, 0.5) is 5.69 Å². The summed E-state index contributed by atoms with van der Waals surface area (Å²) in [6.45, 7) is 1.40. The maximum absolute atomic E-state index is 12.8. The van der Waals surface area contributed by atoms with Gasteiger partial charge in [-0.25, -0.2) is 4.98 Å². The fourth-order valence-corrected chi connectivity index (χ4v) is 3.54. The van der Waals surface area contributed by atoms with E-state index in [4.69, 9.17) is 14.2 Å². The summed E-state index contributed by atoms with van der Waals surface area (Å²) in [5.74, 6) is 2.59. The van der Waals surface area contributed by atoms with Crippen LogP contribution in [0.15, 0.2) is 72.8 Å². The number of hydrogen-bond donors (Lipinski definition) is 1. The van der Waals surface area contributed by atoms with Crippen molar-refractivity contribution in [3.8, 4) is 17.2 Å². The summed E-state index contributed by atoms with van der Waals surface area (Å²) in [6.07, 6.45) is 0. The minimum absolute atomic E-state index is 0.114. The van der Waals surface area contributed by atoms with Gasteiger partial charge in [0.05, 0.1) is 11.0 Å². The summed E-state index contributed by atoms with van der Waals surface area (Å²) in [4.78, 5) is 17.5. The van der Waals surface area contributed by atoms with E-state index >= 15 is 0 Å². The minimum Gasteiger partial charge on any atom is -0.486 e. The second kappa shape index (κ2) is 8.39. The Hall–Kier alpha value is -4.00. The van der Waals surface area contributed by atoms with Crippen molar-refractivity contribution in [2.24, 2.45) is 0 Å². The number of aromatic nitrogens is 2. The summed E-state index contributed by atoms with van der Waals surface area (Å²) >= 11 is 0. The predicted molar refractivity (Wildman–Crippen MR) is 117 cm³/mol. The Morgan fingerprint density at radius 3 is 2.61 bits per heavy atom. The Kier molecular flexibility index (Phi) is 5.14. The Labute approximate surface area is 179 Å². The average molecular weight is 415 g/mol. The van der Waals surface area contributed by atoms with Crippen LogP contribution < -0.4 is 19.5 Å². The SMILES string of the molecule is O=C(Cn1c(COc2ccccc2)nc2ccccc21)Nc1ccc2c(c1)OCCO2. The first-order valence-corrected chi connectivity index (χ1v) is 10.1. The van der Waals surface area contributed by atoms with E-state index in [0.29, 0.717) is 36.2 Å². The lowest BCUT2D eigenvalue weighted by molar-refractivity contribution is -0.116. The van der Waals surface area contributed by atoms with Crippen molar-refractivity contribution < 1.29 is 19.0 Å². The van der Waals surface area contributed by atoms with Crippen LogP contribution in [0.2, 0.25) is 0 Å². The second-order valence-corrected chi connectivity index (χ2v) is 7.11. The van der Waals surface area contributed by atoms with Crippen molar-refractivity contribution in [2.45, 2.75) is 13.2 Å². The van der Waals surface area contributed by atoms with Crippen molar-refractivity contribution in [1.82, 2.24) is 9.55 Å². The fraction of sp³-hybridized carbons (Fsp3) is 0.167. The van der Waals surface area contributed by atoms with Crippen LogP contribution >= 0.6 is 0 Å². The van der Waals surface area contributed by atoms with E-state index in [9.17, 15) is 4.79 Å². The number of fused-ring (bicyclic) bond motifs is 2. The van der Waals surface area contributed by atoms with Crippen LogP contribution in [0, 0.1) is 0 Å². The molecule has 0 spiro atoms. The fourth-order valence-electron chi connectivity index (χ4n) is 3.54. The number of carbonyl (C=O) groups excluding carboxylic acids is 1. The first kappa shape index (κ1) is 19.0. The molecule has 1 aromatic heterocycles. The Morgan fingerprint density at radius 1 is 0.968 bits per heavy atom. The number of benzene rings is 3. The molecular weight excluding hydrogens is 394 g/mol. The van der Waals surface area contributed by atoms with Gasteiger partial charge in [0.25, 0.3) is 0 Å². The molecule has 1 amide bonds. The lowest BCUT2D eigenvalue weighted by Gasteiger charge is -2.19. The maximum Gasteiger partial charge on any atom is 0.244 e. The zero-order valence-electron chi connectivity index (χ0n) is 16.8. The number of amides is 1. The number of imidazole rings is 1. The molecule has 7 nitrogen and oxygen atoms in total. The van der Waals surface area contributed by atoms with Crippen LogP contribution in [-0.2, 0) is 17.9 Å². The summed E-state index contributed by atoms with van der Waals surface area (Å²) in [7, 11) is 0. The minimum atomic E-state index is -0.166. The zero-order valence-corrected chi connectivity index (χ0v) is 16.8. The van der Waals surface area contributed by atoms with Gasteiger partial charge in [-0.1, -0.05) is 30.3 Å². The molecule has 31 heavy (non-hydrogen) atoms. The van der Waals surface area contributed by atoms with Gasteiger partial charge in [-0.05, 0) is 36.4 Å². The van der Waals surface area contributed by atoms with Gasteiger partial charge in [-0.15, -0.1) is 0 Å². The highest BCUT2D eigenvalue weighted by Gasteiger charge is 2.16. The third kappa shape index (κ3) is 4.16. The number of carbonyl (C=O) groups is 1. The number of nitrogens with one attached hydrogen (secondary N) is 1. The van der Waals surface area contributed by atoms with Crippen molar-refractivity contribution in [1.29, 1.82) is 0 Å². The summed E-state index contributed by atoms with van der Waals surface area (Å²) in [6, 6.07) is 22.7. The molecule has 1 aliphatic rings. The summed E-state index contributed by atoms with van der Waals surface area (Å²) < 4.78 is 18.9. The lowest BCUT2D eigenvalue weighted by atomic mass is 10.2. The molecule has 0 fully saturated rings. The lowest BCUT2D eigenvalue weighted by Crippen LogP contribution is -2.21. The number of rotatable bonds is 6. The van der Waals surface area contributed by atoms with E-state index in [-0.39, 0.29) is 19.1 Å². The van der Waals surface area contributed by atoms with Gasteiger partial charge in [0.15, 0.2) is 11.5 Å². The predicted octanol–water partition coefficient (Wildman–Crippen LogP) is 4.03. The molecule has 0 unspecified atom stereocenters. The molecule has 1 N–H and O–H groups in total. The van der Waals surface area contributed by atoms with E-state index in [1.807, 2.05) is 59.2 Å². The first-order valence-electron chi connectivity index (χ1n) is 10.1. The molecule has 156 valence electrons. The average Bonchev–Trinajstić information content (AvgIpc) is 3.15. The number of ether oxygens (including phenoxy) is 3. The van der Waals surface area contributed by atoms with Gasteiger partial charge >= 0.3 is 0 Å². The van der Waals surface area contributed by atoms with E-state index in [1.54, 1.807) is 18.2 Å². The normalized spacial score (nSPS) is 12.5. The van der Waals surface area contributed by atoms with Crippen LogP contribution in [0.5, 0.6) is 17.2 Å².